The minimum absolute atomic E-state index is 0.274. The Hall–Kier alpha value is -2.41. The van der Waals surface area contributed by atoms with E-state index in [-0.39, 0.29) is 6.09 Å². The number of nitrogens with zero attached hydrogens (tertiary/aromatic N) is 4. The summed E-state index contributed by atoms with van der Waals surface area (Å²) in [7, 11) is 1.40. The Balaban J connectivity index is 1.57. The Kier molecular flexibility index (Phi) is 4.34. The molecule has 0 spiro atoms. The molecule has 1 aromatic heterocycles. The van der Waals surface area contributed by atoms with Crippen molar-refractivity contribution in [2.45, 2.75) is 6.54 Å². The normalized spacial score (nSPS) is 15.8. The number of carbonyl (C=O) groups is 1. The van der Waals surface area contributed by atoms with Crippen molar-refractivity contribution in [1.29, 1.82) is 0 Å². The van der Waals surface area contributed by atoms with Gasteiger partial charge in [-0.3, -0.25) is 4.90 Å². The molecule has 1 aliphatic rings. The predicted octanol–water partition coefficient (Wildman–Crippen LogP) is 1.62. The molecule has 22 heavy (non-hydrogen) atoms. The minimum atomic E-state index is -0.274. The van der Waals surface area contributed by atoms with Gasteiger partial charge in [0.15, 0.2) is 0 Å². The van der Waals surface area contributed by atoms with Gasteiger partial charge in [0.2, 0.25) is 11.8 Å². The Labute approximate surface area is 128 Å². The van der Waals surface area contributed by atoms with Crippen molar-refractivity contribution < 1.29 is 13.9 Å². The third kappa shape index (κ3) is 3.25. The monoisotopic (exact) mass is 302 g/mol. The summed E-state index contributed by atoms with van der Waals surface area (Å²) in [5.74, 6) is 1.12. The Morgan fingerprint density at radius 1 is 1.18 bits per heavy atom. The van der Waals surface area contributed by atoms with Gasteiger partial charge in [-0.1, -0.05) is 18.2 Å². The molecule has 0 saturated carbocycles. The second-order valence-corrected chi connectivity index (χ2v) is 5.10. The molecule has 7 heteroatoms. The molecule has 0 atom stereocenters. The summed E-state index contributed by atoms with van der Waals surface area (Å²) < 4.78 is 10.4. The molecule has 7 nitrogen and oxygen atoms in total. The third-order valence-corrected chi connectivity index (χ3v) is 3.65. The van der Waals surface area contributed by atoms with Gasteiger partial charge < -0.3 is 14.1 Å². The fraction of sp³-hybridized carbons (Fsp3) is 0.400. The van der Waals surface area contributed by atoms with E-state index in [1.54, 1.807) is 4.90 Å². The van der Waals surface area contributed by atoms with E-state index in [1.807, 2.05) is 30.3 Å². The van der Waals surface area contributed by atoms with Crippen molar-refractivity contribution in [2.24, 2.45) is 0 Å². The second-order valence-electron chi connectivity index (χ2n) is 5.10. The number of piperazine rings is 1. The van der Waals surface area contributed by atoms with Gasteiger partial charge in [0.1, 0.15) is 0 Å². The zero-order valence-electron chi connectivity index (χ0n) is 12.4. The van der Waals surface area contributed by atoms with Crippen LogP contribution in [0.4, 0.5) is 4.79 Å². The molecule has 116 valence electrons. The van der Waals surface area contributed by atoms with Crippen LogP contribution in [0.2, 0.25) is 0 Å². The molecule has 1 amide bonds. The summed E-state index contributed by atoms with van der Waals surface area (Å²) >= 11 is 0. The highest BCUT2D eigenvalue weighted by Crippen LogP contribution is 2.18. The Bertz CT molecular complexity index is 621. The first-order valence-corrected chi connectivity index (χ1v) is 7.19. The fourth-order valence-electron chi connectivity index (χ4n) is 2.42. The lowest BCUT2D eigenvalue weighted by molar-refractivity contribution is 0.0861. The Morgan fingerprint density at radius 3 is 2.59 bits per heavy atom. The highest BCUT2D eigenvalue weighted by Gasteiger charge is 2.22. The molecular formula is C15H18N4O3. The molecule has 0 radical (unpaired) electrons. The molecule has 0 aliphatic carbocycles. The first-order valence-electron chi connectivity index (χ1n) is 7.19. The van der Waals surface area contributed by atoms with E-state index < -0.39 is 0 Å². The van der Waals surface area contributed by atoms with Crippen LogP contribution in [0.25, 0.3) is 11.5 Å². The van der Waals surface area contributed by atoms with Crippen LogP contribution in [0.15, 0.2) is 34.7 Å². The lowest BCUT2D eigenvalue weighted by Crippen LogP contribution is -2.48. The van der Waals surface area contributed by atoms with Gasteiger partial charge in [0.05, 0.1) is 13.7 Å². The smallest absolute Gasteiger partial charge is 0.409 e. The lowest BCUT2D eigenvalue weighted by atomic mass is 10.2. The average Bonchev–Trinajstić information content (AvgIpc) is 3.04. The van der Waals surface area contributed by atoms with Gasteiger partial charge in [-0.2, -0.15) is 0 Å². The number of aromatic nitrogens is 2. The average molecular weight is 302 g/mol. The van der Waals surface area contributed by atoms with Gasteiger partial charge in [-0.15, -0.1) is 10.2 Å². The maximum absolute atomic E-state index is 11.4. The fourth-order valence-corrected chi connectivity index (χ4v) is 2.42. The van der Waals surface area contributed by atoms with Crippen molar-refractivity contribution in [3.05, 3.63) is 36.2 Å². The van der Waals surface area contributed by atoms with Crippen LogP contribution in [-0.4, -0.2) is 59.4 Å². The number of amides is 1. The zero-order valence-corrected chi connectivity index (χ0v) is 12.4. The van der Waals surface area contributed by atoms with Crippen molar-refractivity contribution in [3.8, 4) is 11.5 Å². The van der Waals surface area contributed by atoms with E-state index in [0.29, 0.717) is 31.4 Å². The quantitative estimate of drug-likeness (QED) is 0.858. The number of rotatable bonds is 3. The van der Waals surface area contributed by atoms with Crippen LogP contribution < -0.4 is 0 Å². The molecule has 0 unspecified atom stereocenters. The number of methoxy groups -OCH3 is 1. The van der Waals surface area contributed by atoms with Crippen molar-refractivity contribution >= 4 is 6.09 Å². The summed E-state index contributed by atoms with van der Waals surface area (Å²) in [5, 5.41) is 8.17. The van der Waals surface area contributed by atoms with Gasteiger partial charge in [0, 0.05) is 31.7 Å². The first-order chi connectivity index (χ1) is 10.8. The maximum Gasteiger partial charge on any atom is 0.409 e. The van der Waals surface area contributed by atoms with Crippen LogP contribution in [-0.2, 0) is 11.3 Å². The molecule has 2 aromatic rings. The first kappa shape index (κ1) is 14.5. The summed E-state index contributed by atoms with van der Waals surface area (Å²) in [5.41, 5.74) is 0.914. The summed E-state index contributed by atoms with van der Waals surface area (Å²) in [6, 6.07) is 9.69. The molecule has 0 N–H and O–H groups in total. The molecule has 1 fully saturated rings. The van der Waals surface area contributed by atoms with E-state index >= 15 is 0 Å². The number of hydrogen-bond acceptors (Lipinski definition) is 6. The SMILES string of the molecule is COC(=O)N1CCN(Cc2nnc(-c3ccccc3)o2)CC1. The second kappa shape index (κ2) is 6.57. The zero-order chi connectivity index (χ0) is 15.4. The van der Waals surface area contributed by atoms with E-state index in [4.69, 9.17) is 9.15 Å². The molecule has 3 rings (SSSR count). The third-order valence-electron chi connectivity index (χ3n) is 3.65. The van der Waals surface area contributed by atoms with Gasteiger partial charge >= 0.3 is 6.09 Å². The van der Waals surface area contributed by atoms with E-state index in [0.717, 1.165) is 18.7 Å². The number of carbonyl (C=O) groups excluding carboxylic acids is 1. The maximum atomic E-state index is 11.4. The van der Waals surface area contributed by atoms with Crippen molar-refractivity contribution in [2.75, 3.05) is 33.3 Å². The molecule has 1 saturated heterocycles. The van der Waals surface area contributed by atoms with Crippen molar-refractivity contribution in [3.63, 3.8) is 0 Å². The molecule has 1 aromatic carbocycles. The van der Waals surface area contributed by atoms with Crippen LogP contribution in [0.1, 0.15) is 5.89 Å². The molecule has 0 bridgehead atoms. The highest BCUT2D eigenvalue weighted by atomic mass is 16.5. The molecule has 2 heterocycles. The minimum Gasteiger partial charge on any atom is -0.453 e. The standard InChI is InChI=1S/C15H18N4O3/c1-21-15(20)19-9-7-18(8-10-19)11-13-16-17-14(22-13)12-5-3-2-4-6-12/h2-6H,7-11H2,1H3. The number of hydrogen-bond donors (Lipinski definition) is 0. The van der Waals surface area contributed by atoms with Crippen LogP contribution in [0.5, 0.6) is 0 Å². The summed E-state index contributed by atoms with van der Waals surface area (Å²) in [4.78, 5) is 15.3. The summed E-state index contributed by atoms with van der Waals surface area (Å²) in [6.45, 7) is 3.41. The number of benzene rings is 1. The van der Waals surface area contributed by atoms with E-state index in [1.165, 1.54) is 7.11 Å². The number of ether oxygens (including phenoxy) is 1. The van der Waals surface area contributed by atoms with Crippen molar-refractivity contribution in [1.82, 2.24) is 20.0 Å². The van der Waals surface area contributed by atoms with Crippen LogP contribution in [0, 0.1) is 0 Å². The largest absolute Gasteiger partial charge is 0.453 e. The van der Waals surface area contributed by atoms with Gasteiger partial charge in [-0.25, -0.2) is 4.79 Å². The molecule has 1 aliphatic heterocycles. The Morgan fingerprint density at radius 2 is 1.91 bits per heavy atom. The van der Waals surface area contributed by atoms with Crippen LogP contribution in [0.3, 0.4) is 0 Å². The topological polar surface area (TPSA) is 71.7 Å². The predicted molar refractivity (Wildman–Crippen MR) is 79.0 cm³/mol. The summed E-state index contributed by atoms with van der Waals surface area (Å²) in [6.07, 6.45) is -0.274. The van der Waals surface area contributed by atoms with Gasteiger partial charge in [0.25, 0.3) is 0 Å². The van der Waals surface area contributed by atoms with E-state index in [9.17, 15) is 4.79 Å². The van der Waals surface area contributed by atoms with Gasteiger partial charge in [-0.05, 0) is 12.1 Å². The lowest BCUT2D eigenvalue weighted by Gasteiger charge is -2.32. The highest BCUT2D eigenvalue weighted by molar-refractivity contribution is 5.67. The molecular weight excluding hydrogens is 284 g/mol. The van der Waals surface area contributed by atoms with E-state index in [2.05, 4.69) is 15.1 Å². The van der Waals surface area contributed by atoms with Crippen LogP contribution >= 0.6 is 0 Å².